The highest BCUT2D eigenvalue weighted by Crippen LogP contribution is 2.07. The number of hydrogen-bond donors (Lipinski definition) is 1. The van der Waals surface area contributed by atoms with Gasteiger partial charge < -0.3 is 10.2 Å². The smallest absolute Gasteiger partial charge is 0.253 e. The topological polar surface area (TPSA) is 49.4 Å². The Balaban J connectivity index is 2.61. The number of nitrogens with one attached hydrogen (secondary N) is 1. The molecule has 92 valence electrons. The molecular formula is C13H18N2O2. The molecular weight excluding hydrogens is 216 g/mol. The maximum absolute atomic E-state index is 12.0. The largest absolute Gasteiger partial charge is 0.359 e. The third-order valence-electron chi connectivity index (χ3n) is 2.56. The second kappa shape index (κ2) is 6.03. The second-order valence-electron chi connectivity index (χ2n) is 4.02. The van der Waals surface area contributed by atoms with E-state index in [1.165, 1.54) is 0 Å². The number of nitrogens with zero attached hydrogens (tertiary/aromatic N) is 1. The molecule has 1 rings (SSSR count). The molecule has 0 fully saturated rings. The van der Waals surface area contributed by atoms with Crippen molar-refractivity contribution in [2.45, 2.75) is 13.3 Å². The Kier molecular flexibility index (Phi) is 4.69. The van der Waals surface area contributed by atoms with Crippen molar-refractivity contribution < 1.29 is 9.59 Å². The molecule has 0 heterocycles. The molecule has 0 aliphatic carbocycles. The molecule has 1 aromatic rings. The zero-order valence-electron chi connectivity index (χ0n) is 10.5. The lowest BCUT2D eigenvalue weighted by Gasteiger charge is -2.16. The SMILES string of the molecule is CNC(=O)CCN(C)C(=O)c1cccc(C)c1. The van der Waals surface area contributed by atoms with Crippen LogP contribution in [0.15, 0.2) is 24.3 Å². The quantitative estimate of drug-likeness (QED) is 0.851. The lowest BCUT2D eigenvalue weighted by atomic mass is 10.1. The fourth-order valence-electron chi connectivity index (χ4n) is 1.49. The molecule has 4 nitrogen and oxygen atoms in total. The van der Waals surface area contributed by atoms with Crippen molar-refractivity contribution >= 4 is 11.8 Å². The van der Waals surface area contributed by atoms with Gasteiger partial charge in [0.2, 0.25) is 5.91 Å². The summed E-state index contributed by atoms with van der Waals surface area (Å²) in [6.45, 7) is 2.37. The van der Waals surface area contributed by atoms with Gasteiger partial charge in [0.15, 0.2) is 0 Å². The number of carbonyl (C=O) groups excluding carboxylic acids is 2. The van der Waals surface area contributed by atoms with Crippen LogP contribution in [0.1, 0.15) is 22.3 Å². The van der Waals surface area contributed by atoms with Gasteiger partial charge in [0.1, 0.15) is 0 Å². The fraction of sp³-hybridized carbons (Fsp3) is 0.385. The molecule has 4 heteroatoms. The van der Waals surface area contributed by atoms with Crippen molar-refractivity contribution in [1.29, 1.82) is 0 Å². The van der Waals surface area contributed by atoms with Crippen molar-refractivity contribution in [3.8, 4) is 0 Å². The number of aryl methyl sites for hydroxylation is 1. The van der Waals surface area contributed by atoms with E-state index in [4.69, 9.17) is 0 Å². The highest BCUT2D eigenvalue weighted by Gasteiger charge is 2.12. The third kappa shape index (κ3) is 3.90. The van der Waals surface area contributed by atoms with E-state index in [0.29, 0.717) is 18.5 Å². The van der Waals surface area contributed by atoms with Gasteiger partial charge in [0, 0.05) is 32.6 Å². The molecule has 0 unspecified atom stereocenters. The summed E-state index contributed by atoms with van der Waals surface area (Å²) in [7, 11) is 3.29. The van der Waals surface area contributed by atoms with E-state index in [1.807, 2.05) is 25.1 Å². The average Bonchev–Trinajstić information content (AvgIpc) is 2.34. The van der Waals surface area contributed by atoms with E-state index < -0.39 is 0 Å². The summed E-state index contributed by atoms with van der Waals surface area (Å²) in [6, 6.07) is 7.43. The number of rotatable bonds is 4. The van der Waals surface area contributed by atoms with Crippen LogP contribution >= 0.6 is 0 Å². The van der Waals surface area contributed by atoms with Crippen LogP contribution in [0.4, 0.5) is 0 Å². The molecule has 0 saturated heterocycles. The summed E-state index contributed by atoms with van der Waals surface area (Å²) in [5, 5.41) is 2.53. The van der Waals surface area contributed by atoms with Crippen molar-refractivity contribution in [2.75, 3.05) is 20.6 Å². The normalized spacial score (nSPS) is 9.82. The zero-order valence-corrected chi connectivity index (χ0v) is 10.5. The molecule has 1 aromatic carbocycles. The van der Waals surface area contributed by atoms with E-state index in [9.17, 15) is 9.59 Å². The molecule has 0 atom stereocenters. The molecule has 17 heavy (non-hydrogen) atoms. The van der Waals surface area contributed by atoms with Crippen LogP contribution in [0.25, 0.3) is 0 Å². The molecule has 0 aromatic heterocycles. The van der Waals surface area contributed by atoms with Crippen LogP contribution in [0.3, 0.4) is 0 Å². The van der Waals surface area contributed by atoms with Gasteiger partial charge >= 0.3 is 0 Å². The van der Waals surface area contributed by atoms with Crippen LogP contribution in [0.5, 0.6) is 0 Å². The summed E-state index contributed by atoms with van der Waals surface area (Å²) < 4.78 is 0. The maximum atomic E-state index is 12.0. The number of amides is 2. The molecule has 0 aliphatic heterocycles. The van der Waals surface area contributed by atoms with Crippen LogP contribution in [0, 0.1) is 6.92 Å². The Morgan fingerprint density at radius 2 is 2.06 bits per heavy atom. The summed E-state index contributed by atoms with van der Waals surface area (Å²) >= 11 is 0. The number of carbonyl (C=O) groups is 2. The first kappa shape index (κ1) is 13.2. The van der Waals surface area contributed by atoms with E-state index in [1.54, 1.807) is 25.1 Å². The molecule has 0 spiro atoms. The van der Waals surface area contributed by atoms with E-state index >= 15 is 0 Å². The minimum Gasteiger partial charge on any atom is -0.359 e. The molecule has 0 radical (unpaired) electrons. The highest BCUT2D eigenvalue weighted by atomic mass is 16.2. The second-order valence-corrected chi connectivity index (χ2v) is 4.02. The first-order valence-electron chi connectivity index (χ1n) is 5.57. The van der Waals surface area contributed by atoms with Gasteiger partial charge in [-0.3, -0.25) is 9.59 Å². The first-order chi connectivity index (χ1) is 8.04. The van der Waals surface area contributed by atoms with E-state index in [2.05, 4.69) is 5.32 Å². The van der Waals surface area contributed by atoms with Crippen molar-refractivity contribution in [3.05, 3.63) is 35.4 Å². The van der Waals surface area contributed by atoms with Gasteiger partial charge in [-0.05, 0) is 19.1 Å². The fourth-order valence-corrected chi connectivity index (χ4v) is 1.49. The molecule has 0 saturated carbocycles. The monoisotopic (exact) mass is 234 g/mol. The van der Waals surface area contributed by atoms with Gasteiger partial charge in [-0.2, -0.15) is 0 Å². The lowest BCUT2D eigenvalue weighted by molar-refractivity contribution is -0.120. The van der Waals surface area contributed by atoms with Crippen molar-refractivity contribution in [3.63, 3.8) is 0 Å². The predicted molar refractivity (Wildman–Crippen MR) is 66.8 cm³/mol. The average molecular weight is 234 g/mol. The molecule has 0 aliphatic rings. The summed E-state index contributed by atoms with van der Waals surface area (Å²) in [5.74, 6) is -0.119. The Hall–Kier alpha value is -1.84. The maximum Gasteiger partial charge on any atom is 0.253 e. The van der Waals surface area contributed by atoms with Crippen molar-refractivity contribution in [2.24, 2.45) is 0 Å². The summed E-state index contributed by atoms with van der Waals surface area (Å²) in [5.41, 5.74) is 1.71. The Morgan fingerprint density at radius 3 is 2.65 bits per heavy atom. The minimum atomic E-state index is -0.0612. The number of hydrogen-bond acceptors (Lipinski definition) is 2. The van der Waals surface area contributed by atoms with Gasteiger partial charge in [-0.25, -0.2) is 0 Å². The third-order valence-corrected chi connectivity index (χ3v) is 2.56. The molecule has 2 amide bonds. The van der Waals surface area contributed by atoms with Gasteiger partial charge in [0.05, 0.1) is 0 Å². The van der Waals surface area contributed by atoms with Gasteiger partial charge in [-0.15, -0.1) is 0 Å². The van der Waals surface area contributed by atoms with Crippen LogP contribution in [-0.4, -0.2) is 37.4 Å². The first-order valence-corrected chi connectivity index (χ1v) is 5.57. The van der Waals surface area contributed by atoms with E-state index in [0.717, 1.165) is 5.56 Å². The molecule has 0 bridgehead atoms. The standard InChI is InChI=1S/C13H18N2O2/c1-10-5-4-6-11(9-10)13(17)15(3)8-7-12(16)14-2/h4-6,9H,7-8H2,1-3H3,(H,14,16). The number of benzene rings is 1. The Bertz CT molecular complexity index is 416. The minimum absolute atomic E-state index is 0.0578. The molecule has 1 N–H and O–H groups in total. The van der Waals surface area contributed by atoms with Crippen LogP contribution in [0.2, 0.25) is 0 Å². The summed E-state index contributed by atoms with van der Waals surface area (Å²) in [4.78, 5) is 24.6. The van der Waals surface area contributed by atoms with Gasteiger partial charge in [0.25, 0.3) is 5.91 Å². The van der Waals surface area contributed by atoms with Crippen LogP contribution in [-0.2, 0) is 4.79 Å². The van der Waals surface area contributed by atoms with Crippen LogP contribution < -0.4 is 5.32 Å². The Labute approximate surface area is 102 Å². The lowest BCUT2D eigenvalue weighted by Crippen LogP contribution is -2.31. The predicted octanol–water partition coefficient (Wildman–Crippen LogP) is 1.20. The summed E-state index contributed by atoms with van der Waals surface area (Å²) in [6.07, 6.45) is 0.324. The highest BCUT2D eigenvalue weighted by molar-refractivity contribution is 5.94. The van der Waals surface area contributed by atoms with Gasteiger partial charge in [-0.1, -0.05) is 17.7 Å². The zero-order chi connectivity index (χ0) is 12.8. The van der Waals surface area contributed by atoms with E-state index in [-0.39, 0.29) is 11.8 Å². The van der Waals surface area contributed by atoms with Crippen molar-refractivity contribution in [1.82, 2.24) is 10.2 Å². The Morgan fingerprint density at radius 1 is 1.35 bits per heavy atom.